The summed E-state index contributed by atoms with van der Waals surface area (Å²) in [6, 6.07) is 105. The highest BCUT2D eigenvalue weighted by Gasteiger charge is 2.46. The average molecular weight is 1350 g/mol. The number of hydrogen-bond donors (Lipinski definition) is 0. The van der Waals surface area contributed by atoms with Crippen LogP contribution in [-0.4, -0.2) is 20.4 Å². The molecular weight excluding hydrogens is 1260 g/mol. The van der Waals surface area contributed by atoms with E-state index in [1.807, 2.05) is 0 Å². The number of benzene rings is 13. The molecule has 104 heavy (non-hydrogen) atoms. The van der Waals surface area contributed by atoms with Crippen LogP contribution in [0.5, 0.6) is 0 Å². The van der Waals surface area contributed by atoms with Gasteiger partial charge in [0, 0.05) is 83.3 Å². The summed E-state index contributed by atoms with van der Waals surface area (Å²) in [7, 11) is 0. The fourth-order valence-electron chi connectivity index (χ4n) is 17.1. The zero-order chi connectivity index (χ0) is 71.8. The molecular formula is C98H90BN5. The quantitative estimate of drug-likeness (QED) is 0.148. The summed E-state index contributed by atoms with van der Waals surface area (Å²) >= 11 is 0. The number of rotatable bonds is 7. The first-order chi connectivity index (χ1) is 49.8. The summed E-state index contributed by atoms with van der Waals surface area (Å²) in [5.41, 5.74) is 31.8. The van der Waals surface area contributed by atoms with E-state index in [0.717, 1.165) is 45.3 Å². The SMILES string of the molecule is CC(C)(C)c1ccc(N2c3cc(-n4c5ccc(C(C)(C)C)cc5c5cc(C(C)(C)C)ccc54)ccc3B3c4ccc(-n5c6ccccc6c6ccc7c8ccccc8n(-c8ccccc8)c7c65)cc4N(c4ccc(C(C)(C)C)cc4-c4ccccc4)c4cc(C(C)(C)C)cc2c43)c(-c2ccccc2)c1. The number of hydrogen-bond acceptors (Lipinski definition) is 2. The van der Waals surface area contributed by atoms with E-state index in [9.17, 15) is 0 Å². The fourth-order valence-corrected chi connectivity index (χ4v) is 17.1. The molecule has 0 N–H and O–H groups in total. The summed E-state index contributed by atoms with van der Waals surface area (Å²) in [5.74, 6) is 0. The summed E-state index contributed by atoms with van der Waals surface area (Å²) in [6.07, 6.45) is 0. The third kappa shape index (κ3) is 10.2. The fraction of sp³-hybridized carbons (Fsp3) is 0.204. The highest BCUT2D eigenvalue weighted by atomic mass is 15.2. The first-order valence-electron chi connectivity index (χ1n) is 37.4. The van der Waals surface area contributed by atoms with Crippen molar-refractivity contribution in [1.29, 1.82) is 0 Å². The van der Waals surface area contributed by atoms with Crippen LogP contribution in [0.4, 0.5) is 34.1 Å². The van der Waals surface area contributed by atoms with Crippen molar-refractivity contribution in [3.8, 4) is 39.3 Å². The van der Waals surface area contributed by atoms with Gasteiger partial charge in [0.1, 0.15) is 0 Å². The van der Waals surface area contributed by atoms with E-state index in [1.54, 1.807) is 0 Å². The highest BCUT2D eigenvalue weighted by molar-refractivity contribution is 7.00. The van der Waals surface area contributed by atoms with E-state index >= 15 is 0 Å². The maximum atomic E-state index is 2.69. The van der Waals surface area contributed by atoms with Gasteiger partial charge in [0.15, 0.2) is 0 Å². The molecule has 0 unspecified atom stereocenters. The molecule has 0 saturated carbocycles. The molecule has 0 saturated heterocycles. The van der Waals surface area contributed by atoms with Gasteiger partial charge >= 0.3 is 0 Å². The van der Waals surface area contributed by atoms with Crippen LogP contribution in [0, 0.1) is 0 Å². The normalized spacial score (nSPS) is 13.5. The van der Waals surface area contributed by atoms with Crippen LogP contribution in [-0.2, 0) is 27.1 Å². The lowest BCUT2D eigenvalue weighted by atomic mass is 9.33. The Kier molecular flexibility index (Phi) is 14.5. The number of para-hydroxylation sites is 3. The van der Waals surface area contributed by atoms with Crippen molar-refractivity contribution >= 4 is 123 Å². The average Bonchev–Trinajstić information content (AvgIpc) is 1.00. The molecule has 0 fully saturated rings. The number of nitrogens with zero attached hydrogens (tertiary/aromatic N) is 5. The molecule has 0 atom stereocenters. The van der Waals surface area contributed by atoms with Gasteiger partial charge in [-0.05, 0) is 192 Å². The molecule has 0 radical (unpaired) electrons. The molecule has 13 aromatic carbocycles. The Morgan fingerprint density at radius 3 is 1.01 bits per heavy atom. The van der Waals surface area contributed by atoms with Crippen LogP contribution < -0.4 is 26.2 Å². The smallest absolute Gasteiger partial charge is 0.252 e. The van der Waals surface area contributed by atoms with Gasteiger partial charge in [0.25, 0.3) is 6.71 Å². The van der Waals surface area contributed by atoms with Crippen LogP contribution in [0.1, 0.15) is 132 Å². The second-order valence-corrected chi connectivity index (χ2v) is 34.7. The first-order valence-corrected chi connectivity index (χ1v) is 37.4. The molecule has 18 rings (SSSR count). The van der Waals surface area contributed by atoms with Crippen molar-refractivity contribution in [3.05, 3.63) is 301 Å². The van der Waals surface area contributed by atoms with Crippen LogP contribution in [0.15, 0.2) is 273 Å². The standard InChI is InChI=1S/C98H90BN5/c1-94(2,3)63-39-49-83(75(53-63)61-29-19-16-20-30-61)103-87-59-69(100-85-51-41-65(96(7,8)9)55-77(85)78-56-66(97(10,11)12)42-52-86(78)100)43-47-79(87)99-80-48-44-70(102-82-38-28-26-36-72(82)74-46-45-73-71-35-25-27-37-81(71)101(92(73)93(74)102)68-33-23-18-24-34-68)60-88(80)104(90-58-67(98(13,14)15)57-89(103)91(90)99)84-50-40-64(95(4,5)6)54-76(84)62-31-21-17-22-32-62/h16-60H,1-15H3. The van der Waals surface area contributed by atoms with E-state index in [4.69, 9.17) is 0 Å². The zero-order valence-electron chi connectivity index (χ0n) is 62.8. The van der Waals surface area contributed by atoms with E-state index in [0.29, 0.717) is 0 Å². The Balaban J connectivity index is 0.989. The molecule has 0 spiro atoms. The summed E-state index contributed by atoms with van der Waals surface area (Å²) in [4.78, 5) is 5.38. The second kappa shape index (κ2) is 23.2. The summed E-state index contributed by atoms with van der Waals surface area (Å²) < 4.78 is 7.66. The molecule has 5 heterocycles. The van der Waals surface area contributed by atoms with Gasteiger partial charge in [-0.3, -0.25) is 0 Å². The Labute approximate surface area is 613 Å². The number of aromatic nitrogens is 3. The van der Waals surface area contributed by atoms with E-state index < -0.39 is 0 Å². The monoisotopic (exact) mass is 1350 g/mol. The molecule has 510 valence electrons. The molecule has 3 aromatic heterocycles. The van der Waals surface area contributed by atoms with Gasteiger partial charge in [-0.15, -0.1) is 0 Å². The molecule has 16 aromatic rings. The number of anilines is 6. The predicted octanol–water partition coefficient (Wildman–Crippen LogP) is 24.9. The second-order valence-electron chi connectivity index (χ2n) is 34.7. The Bertz CT molecular complexity index is 6110. The molecule has 2 aliphatic rings. The minimum absolute atomic E-state index is 0.0427. The van der Waals surface area contributed by atoms with Gasteiger partial charge in [-0.1, -0.05) is 268 Å². The molecule has 0 aliphatic carbocycles. The Morgan fingerprint density at radius 2 is 0.587 bits per heavy atom. The lowest BCUT2D eigenvalue weighted by Crippen LogP contribution is -2.61. The van der Waals surface area contributed by atoms with Crippen LogP contribution in [0.3, 0.4) is 0 Å². The summed E-state index contributed by atoms with van der Waals surface area (Å²) in [5, 5.41) is 7.43. The van der Waals surface area contributed by atoms with Gasteiger partial charge in [-0.2, -0.15) is 0 Å². The Morgan fingerprint density at radius 1 is 0.231 bits per heavy atom. The molecule has 0 bridgehead atoms. The van der Waals surface area contributed by atoms with Gasteiger partial charge in [-0.25, -0.2) is 0 Å². The molecule has 5 nitrogen and oxygen atoms in total. The Hall–Kier alpha value is -11.1. The topological polar surface area (TPSA) is 21.3 Å². The molecule has 6 heteroatoms. The van der Waals surface area contributed by atoms with Crippen molar-refractivity contribution in [3.63, 3.8) is 0 Å². The highest BCUT2D eigenvalue weighted by Crippen LogP contribution is 2.53. The minimum Gasteiger partial charge on any atom is -0.311 e. The lowest BCUT2D eigenvalue weighted by Gasteiger charge is -2.46. The van der Waals surface area contributed by atoms with E-state index in [2.05, 4.69) is 400 Å². The minimum atomic E-state index is -0.286. The van der Waals surface area contributed by atoms with Gasteiger partial charge < -0.3 is 23.5 Å². The zero-order valence-corrected chi connectivity index (χ0v) is 62.8. The molecule has 0 amide bonds. The lowest BCUT2D eigenvalue weighted by molar-refractivity contribution is 0.590. The molecule has 2 aliphatic heterocycles. The van der Waals surface area contributed by atoms with Crippen molar-refractivity contribution in [2.45, 2.75) is 131 Å². The van der Waals surface area contributed by atoms with Crippen molar-refractivity contribution in [1.82, 2.24) is 13.7 Å². The number of fused-ring (bicyclic) bond motifs is 14. The predicted molar refractivity (Wildman–Crippen MR) is 448 cm³/mol. The van der Waals surface area contributed by atoms with Crippen LogP contribution in [0.25, 0.3) is 105 Å². The van der Waals surface area contributed by atoms with Crippen LogP contribution >= 0.6 is 0 Å². The van der Waals surface area contributed by atoms with Crippen molar-refractivity contribution in [2.24, 2.45) is 0 Å². The maximum absolute atomic E-state index is 2.69. The van der Waals surface area contributed by atoms with E-state index in [1.165, 1.54) is 138 Å². The summed E-state index contributed by atoms with van der Waals surface area (Å²) in [6.45, 7) is 35.0. The van der Waals surface area contributed by atoms with Gasteiger partial charge in [0.2, 0.25) is 0 Å². The third-order valence-electron chi connectivity index (χ3n) is 22.8. The van der Waals surface area contributed by atoms with Crippen LogP contribution in [0.2, 0.25) is 0 Å². The third-order valence-corrected chi connectivity index (χ3v) is 22.8. The van der Waals surface area contributed by atoms with Gasteiger partial charge in [0.05, 0.1) is 44.5 Å². The van der Waals surface area contributed by atoms with Crippen molar-refractivity contribution in [2.75, 3.05) is 9.80 Å². The first kappa shape index (κ1) is 65.0. The van der Waals surface area contributed by atoms with E-state index in [-0.39, 0.29) is 33.8 Å². The van der Waals surface area contributed by atoms with Crippen molar-refractivity contribution < 1.29 is 0 Å². The largest absolute Gasteiger partial charge is 0.311 e. The maximum Gasteiger partial charge on any atom is 0.252 e.